The van der Waals surface area contributed by atoms with Crippen molar-refractivity contribution in [1.29, 1.82) is 0 Å². The molecule has 0 bridgehead atoms. The van der Waals surface area contributed by atoms with Crippen molar-refractivity contribution in [2.75, 3.05) is 6.61 Å². The lowest BCUT2D eigenvalue weighted by Crippen LogP contribution is -2.28. The molecule has 1 atom stereocenters. The summed E-state index contributed by atoms with van der Waals surface area (Å²) < 4.78 is 16.8. The third-order valence-corrected chi connectivity index (χ3v) is 5.13. The maximum absolute atomic E-state index is 12.1. The molecule has 0 saturated carbocycles. The van der Waals surface area contributed by atoms with Crippen LogP contribution in [0.5, 0.6) is 0 Å². The molecular weight excluding hydrogens is 313 g/mol. The number of fused-ring (bicyclic) bond motifs is 1. The number of benzene rings is 2. The lowest BCUT2D eigenvalue weighted by atomic mass is 10.0. The molecule has 1 aromatic heterocycles. The Labute approximate surface area is 133 Å². The number of hydrogen-bond acceptors (Lipinski definition) is 3. The summed E-state index contributed by atoms with van der Waals surface area (Å²) in [6.07, 6.45) is 0. The van der Waals surface area contributed by atoms with Gasteiger partial charge in [-0.2, -0.15) is 0 Å². The summed E-state index contributed by atoms with van der Waals surface area (Å²) in [5, 5.41) is 1.91. The second-order valence-corrected chi connectivity index (χ2v) is 6.87. The summed E-state index contributed by atoms with van der Waals surface area (Å²) in [6, 6.07) is 16.7. The highest BCUT2D eigenvalue weighted by molar-refractivity contribution is 7.61. The second kappa shape index (κ2) is 6.13. The molecule has 3 rings (SSSR count). The van der Waals surface area contributed by atoms with E-state index in [0.29, 0.717) is 5.69 Å². The molecule has 0 spiro atoms. The highest BCUT2D eigenvalue weighted by Crippen LogP contribution is 2.39. The van der Waals surface area contributed by atoms with Crippen LogP contribution in [0.25, 0.3) is 22.0 Å². The summed E-state index contributed by atoms with van der Waals surface area (Å²) in [5.41, 5.74) is 0.799. The lowest BCUT2D eigenvalue weighted by Gasteiger charge is -2.11. The molecule has 23 heavy (non-hydrogen) atoms. The van der Waals surface area contributed by atoms with Crippen LogP contribution in [0.3, 0.4) is 0 Å². The fourth-order valence-corrected chi connectivity index (χ4v) is 3.52. The Morgan fingerprint density at radius 3 is 2.52 bits per heavy atom. The normalized spacial score (nSPS) is 13.8. The molecule has 1 unspecified atom stereocenters. The number of rotatable bonds is 4. The fraction of sp³-hybridized carbons (Fsp3) is 0.118. The number of hydrogen-bond donors (Lipinski definition) is 2. The van der Waals surface area contributed by atoms with Crippen molar-refractivity contribution >= 4 is 23.7 Å². The zero-order valence-electron chi connectivity index (χ0n) is 12.5. The molecule has 3 aromatic rings. The van der Waals surface area contributed by atoms with E-state index in [0.717, 1.165) is 16.3 Å². The Balaban J connectivity index is 2.05. The predicted octanol–water partition coefficient (Wildman–Crippen LogP) is 3.04. The number of aromatic nitrogens is 1. The van der Waals surface area contributed by atoms with E-state index in [1.165, 1.54) is 6.07 Å². The summed E-state index contributed by atoms with van der Waals surface area (Å²) in [7, 11) is -4.08. The molecule has 118 valence electrons. The first kappa shape index (κ1) is 15.7. The van der Waals surface area contributed by atoms with Gasteiger partial charge in [0, 0.05) is 5.69 Å². The summed E-state index contributed by atoms with van der Waals surface area (Å²) in [4.78, 5) is 24.6. The monoisotopic (exact) mass is 329 g/mol. The van der Waals surface area contributed by atoms with Crippen molar-refractivity contribution in [1.82, 2.24) is 4.98 Å². The van der Waals surface area contributed by atoms with E-state index >= 15 is 0 Å². The maximum Gasteiger partial charge on any atom is 0.364 e. The van der Waals surface area contributed by atoms with Crippen LogP contribution in [-0.4, -0.2) is 16.5 Å². The summed E-state index contributed by atoms with van der Waals surface area (Å²) in [6.45, 7) is 1.65. The lowest BCUT2D eigenvalue weighted by molar-refractivity contribution is 0.284. The number of H-pyrrole nitrogens is 1. The molecule has 0 amide bonds. The van der Waals surface area contributed by atoms with Gasteiger partial charge in [0.2, 0.25) is 0 Å². The van der Waals surface area contributed by atoms with Crippen molar-refractivity contribution in [3.05, 3.63) is 65.0 Å². The maximum atomic E-state index is 12.1. The minimum atomic E-state index is -4.08. The molecule has 2 aromatic carbocycles. The Morgan fingerprint density at radius 2 is 1.83 bits per heavy atom. The SMILES string of the molecule is CCOP(=O)(O)c1ccc(-c2ccc3ccccc3c2)[nH]c1=O. The van der Waals surface area contributed by atoms with Gasteiger partial charge in [-0.1, -0.05) is 36.4 Å². The number of pyridine rings is 1. The topological polar surface area (TPSA) is 79.4 Å². The van der Waals surface area contributed by atoms with Gasteiger partial charge in [0.1, 0.15) is 5.30 Å². The van der Waals surface area contributed by atoms with Crippen LogP contribution in [0.2, 0.25) is 0 Å². The van der Waals surface area contributed by atoms with Crippen LogP contribution in [0.4, 0.5) is 0 Å². The first-order chi connectivity index (χ1) is 11.0. The van der Waals surface area contributed by atoms with E-state index in [-0.39, 0.29) is 11.9 Å². The van der Waals surface area contributed by atoms with E-state index in [9.17, 15) is 14.3 Å². The van der Waals surface area contributed by atoms with Gasteiger partial charge in [0.25, 0.3) is 5.56 Å². The second-order valence-electron chi connectivity index (χ2n) is 5.09. The van der Waals surface area contributed by atoms with Gasteiger partial charge in [-0.15, -0.1) is 0 Å². The van der Waals surface area contributed by atoms with Crippen LogP contribution < -0.4 is 10.9 Å². The van der Waals surface area contributed by atoms with Crippen molar-refractivity contribution in [3.8, 4) is 11.3 Å². The average Bonchev–Trinajstić information content (AvgIpc) is 2.54. The number of nitrogens with one attached hydrogen (secondary N) is 1. The molecule has 0 radical (unpaired) electrons. The highest BCUT2D eigenvalue weighted by atomic mass is 31.2. The van der Waals surface area contributed by atoms with Crippen LogP contribution in [0.15, 0.2) is 59.4 Å². The van der Waals surface area contributed by atoms with Gasteiger partial charge in [0.15, 0.2) is 0 Å². The zero-order chi connectivity index (χ0) is 16.4. The van der Waals surface area contributed by atoms with Crippen LogP contribution in [-0.2, 0) is 9.09 Å². The zero-order valence-corrected chi connectivity index (χ0v) is 13.4. The van der Waals surface area contributed by atoms with Gasteiger partial charge in [-0.05, 0) is 41.5 Å². The van der Waals surface area contributed by atoms with Crippen molar-refractivity contribution in [2.45, 2.75) is 6.92 Å². The van der Waals surface area contributed by atoms with Gasteiger partial charge in [0.05, 0.1) is 6.61 Å². The fourth-order valence-electron chi connectivity index (χ4n) is 2.46. The Bertz CT molecular complexity index is 964. The number of aromatic amines is 1. The predicted molar refractivity (Wildman–Crippen MR) is 91.1 cm³/mol. The Morgan fingerprint density at radius 1 is 1.09 bits per heavy atom. The first-order valence-electron chi connectivity index (χ1n) is 7.21. The molecule has 6 heteroatoms. The molecule has 2 N–H and O–H groups in total. The highest BCUT2D eigenvalue weighted by Gasteiger charge is 2.25. The van der Waals surface area contributed by atoms with Gasteiger partial charge < -0.3 is 14.4 Å². The molecule has 1 heterocycles. The van der Waals surface area contributed by atoms with E-state index in [1.54, 1.807) is 13.0 Å². The van der Waals surface area contributed by atoms with E-state index in [4.69, 9.17) is 4.52 Å². The third kappa shape index (κ3) is 3.13. The molecule has 0 fully saturated rings. The van der Waals surface area contributed by atoms with Gasteiger partial charge >= 0.3 is 7.60 Å². The standard InChI is InChI=1S/C17H16NO4P/c1-2-22-23(20,21)16-10-9-15(18-17(16)19)14-8-7-12-5-3-4-6-13(12)11-14/h3-11H,2H2,1H3,(H,18,19)(H,20,21). The average molecular weight is 329 g/mol. The molecule has 5 nitrogen and oxygen atoms in total. The molecular formula is C17H16NO4P. The van der Waals surface area contributed by atoms with E-state index in [1.807, 2.05) is 42.5 Å². The quantitative estimate of drug-likeness (QED) is 0.721. The summed E-state index contributed by atoms with van der Waals surface area (Å²) >= 11 is 0. The molecule has 0 aliphatic heterocycles. The molecule has 0 aliphatic carbocycles. The van der Waals surface area contributed by atoms with Crippen LogP contribution >= 0.6 is 7.60 Å². The van der Waals surface area contributed by atoms with Crippen LogP contribution in [0.1, 0.15) is 6.92 Å². The molecule has 0 aliphatic rings. The van der Waals surface area contributed by atoms with Crippen molar-refractivity contribution in [2.24, 2.45) is 0 Å². The Hall–Kier alpha value is -2.20. The van der Waals surface area contributed by atoms with E-state index < -0.39 is 13.2 Å². The third-order valence-electron chi connectivity index (χ3n) is 3.56. The first-order valence-corrected chi connectivity index (χ1v) is 8.79. The van der Waals surface area contributed by atoms with Gasteiger partial charge in [-0.3, -0.25) is 9.36 Å². The Kier molecular flexibility index (Phi) is 4.18. The smallest absolute Gasteiger partial charge is 0.321 e. The van der Waals surface area contributed by atoms with Crippen molar-refractivity contribution < 1.29 is 14.0 Å². The summed E-state index contributed by atoms with van der Waals surface area (Å²) in [5.74, 6) is 0. The van der Waals surface area contributed by atoms with E-state index in [2.05, 4.69) is 4.98 Å². The molecule has 0 saturated heterocycles. The minimum Gasteiger partial charge on any atom is -0.321 e. The van der Waals surface area contributed by atoms with Crippen molar-refractivity contribution in [3.63, 3.8) is 0 Å². The largest absolute Gasteiger partial charge is 0.364 e. The minimum absolute atomic E-state index is 0.0552. The van der Waals surface area contributed by atoms with Gasteiger partial charge in [-0.25, -0.2) is 0 Å². The van der Waals surface area contributed by atoms with Crippen LogP contribution in [0, 0.1) is 0 Å².